The maximum Gasteiger partial charge on any atom is 0.338 e. The lowest BCUT2D eigenvalue weighted by molar-refractivity contribution is -0.384. The van der Waals surface area contributed by atoms with Gasteiger partial charge in [0.1, 0.15) is 0 Å². The number of hydrogen-bond donors (Lipinski definition) is 2. The van der Waals surface area contributed by atoms with E-state index in [0.29, 0.717) is 0 Å². The molecule has 0 unspecified atom stereocenters. The number of benzene rings is 1. The third-order valence-corrected chi connectivity index (χ3v) is 1.78. The standard InChI is InChI=1S/C8H8N2O4/c1-4-2-5(10(13)14)3-6(9)7(4)8(11)12/h2-3H,9H2,1H3,(H,11,12). The van der Waals surface area contributed by atoms with E-state index >= 15 is 0 Å². The predicted molar refractivity (Wildman–Crippen MR) is 49.2 cm³/mol. The number of anilines is 1. The summed E-state index contributed by atoms with van der Waals surface area (Å²) in [5, 5.41) is 19.1. The average Bonchev–Trinajstić information content (AvgIpc) is 2.01. The van der Waals surface area contributed by atoms with E-state index in [1.54, 1.807) is 0 Å². The molecule has 0 radical (unpaired) electrons. The van der Waals surface area contributed by atoms with Crippen LogP contribution in [0.3, 0.4) is 0 Å². The molecule has 0 heterocycles. The molecule has 0 saturated carbocycles. The number of nitrogen functional groups attached to an aromatic ring is 1. The van der Waals surface area contributed by atoms with Gasteiger partial charge in [0.05, 0.1) is 16.2 Å². The summed E-state index contributed by atoms with van der Waals surface area (Å²) >= 11 is 0. The van der Waals surface area contributed by atoms with Gasteiger partial charge in [-0.05, 0) is 12.5 Å². The van der Waals surface area contributed by atoms with Crippen molar-refractivity contribution in [1.82, 2.24) is 0 Å². The molecule has 0 aromatic heterocycles. The van der Waals surface area contributed by atoms with Crippen molar-refractivity contribution in [3.05, 3.63) is 33.4 Å². The number of hydrogen-bond acceptors (Lipinski definition) is 4. The monoisotopic (exact) mass is 196 g/mol. The van der Waals surface area contributed by atoms with Gasteiger partial charge in [0.15, 0.2) is 0 Å². The van der Waals surface area contributed by atoms with Gasteiger partial charge in [0, 0.05) is 12.1 Å². The molecule has 14 heavy (non-hydrogen) atoms. The minimum absolute atomic E-state index is 0.0874. The molecular weight excluding hydrogens is 188 g/mol. The number of carboxylic acid groups (broad SMARTS) is 1. The van der Waals surface area contributed by atoms with Crippen LogP contribution in [0.15, 0.2) is 12.1 Å². The number of nitrogens with two attached hydrogens (primary N) is 1. The van der Waals surface area contributed by atoms with Crippen LogP contribution in [0.4, 0.5) is 11.4 Å². The van der Waals surface area contributed by atoms with Crippen LogP contribution in [0.2, 0.25) is 0 Å². The molecule has 0 aliphatic carbocycles. The summed E-state index contributed by atoms with van der Waals surface area (Å²) in [7, 11) is 0. The van der Waals surface area contributed by atoms with Crippen molar-refractivity contribution in [2.45, 2.75) is 6.92 Å². The van der Waals surface area contributed by atoms with Gasteiger partial charge in [-0.25, -0.2) is 4.79 Å². The Bertz CT molecular complexity index is 391. The Morgan fingerprint density at radius 3 is 2.50 bits per heavy atom. The van der Waals surface area contributed by atoms with Crippen molar-refractivity contribution in [3.8, 4) is 0 Å². The zero-order valence-corrected chi connectivity index (χ0v) is 7.35. The zero-order valence-electron chi connectivity index (χ0n) is 7.35. The normalized spacial score (nSPS) is 9.79. The fraction of sp³-hybridized carbons (Fsp3) is 0.125. The van der Waals surface area contributed by atoms with Crippen LogP contribution in [0.25, 0.3) is 0 Å². The van der Waals surface area contributed by atoms with Crippen molar-refractivity contribution >= 4 is 17.3 Å². The molecule has 1 aromatic rings. The van der Waals surface area contributed by atoms with Crippen molar-refractivity contribution < 1.29 is 14.8 Å². The summed E-state index contributed by atoms with van der Waals surface area (Å²) < 4.78 is 0. The summed E-state index contributed by atoms with van der Waals surface area (Å²) in [6.45, 7) is 1.47. The predicted octanol–water partition coefficient (Wildman–Crippen LogP) is 1.18. The van der Waals surface area contributed by atoms with Crippen LogP contribution in [0.1, 0.15) is 15.9 Å². The van der Waals surface area contributed by atoms with Crippen LogP contribution in [-0.2, 0) is 0 Å². The summed E-state index contributed by atoms with van der Waals surface area (Å²) in [6.07, 6.45) is 0. The maximum atomic E-state index is 10.7. The first-order chi connectivity index (χ1) is 6.43. The van der Waals surface area contributed by atoms with Gasteiger partial charge in [-0.15, -0.1) is 0 Å². The van der Waals surface area contributed by atoms with Crippen LogP contribution in [-0.4, -0.2) is 16.0 Å². The molecule has 0 spiro atoms. The zero-order chi connectivity index (χ0) is 10.9. The van der Waals surface area contributed by atoms with Gasteiger partial charge in [-0.2, -0.15) is 0 Å². The van der Waals surface area contributed by atoms with E-state index in [2.05, 4.69) is 0 Å². The van der Waals surface area contributed by atoms with E-state index in [9.17, 15) is 14.9 Å². The quantitative estimate of drug-likeness (QED) is 0.419. The fourth-order valence-electron chi connectivity index (χ4n) is 1.19. The molecular formula is C8H8N2O4. The van der Waals surface area contributed by atoms with Gasteiger partial charge < -0.3 is 10.8 Å². The summed E-state index contributed by atoms with van der Waals surface area (Å²) in [4.78, 5) is 20.4. The average molecular weight is 196 g/mol. The van der Waals surface area contributed by atoms with Crippen molar-refractivity contribution in [2.75, 3.05) is 5.73 Å². The Hall–Kier alpha value is -2.11. The SMILES string of the molecule is Cc1cc([N+](=O)[O-])cc(N)c1C(=O)O. The van der Waals surface area contributed by atoms with Crippen LogP contribution in [0, 0.1) is 17.0 Å². The first-order valence-corrected chi connectivity index (χ1v) is 3.71. The lowest BCUT2D eigenvalue weighted by Gasteiger charge is -2.03. The minimum atomic E-state index is -1.19. The molecule has 6 heteroatoms. The highest BCUT2D eigenvalue weighted by molar-refractivity contribution is 5.95. The summed E-state index contributed by atoms with van der Waals surface area (Å²) in [5.41, 5.74) is 5.27. The second kappa shape index (κ2) is 3.33. The molecule has 6 nitrogen and oxygen atoms in total. The Kier molecular flexibility index (Phi) is 2.37. The Morgan fingerprint density at radius 1 is 1.57 bits per heavy atom. The summed E-state index contributed by atoms with van der Waals surface area (Å²) in [5.74, 6) is -1.19. The number of nitrogens with zero attached hydrogens (tertiary/aromatic N) is 1. The third kappa shape index (κ3) is 1.63. The van der Waals surface area contributed by atoms with Crippen molar-refractivity contribution in [1.29, 1.82) is 0 Å². The van der Waals surface area contributed by atoms with Gasteiger partial charge >= 0.3 is 5.97 Å². The molecule has 0 bridgehead atoms. The molecule has 0 aliphatic rings. The molecule has 74 valence electrons. The van der Waals surface area contributed by atoms with Crippen LogP contribution in [0.5, 0.6) is 0 Å². The number of rotatable bonds is 2. The van der Waals surface area contributed by atoms with Crippen molar-refractivity contribution in [3.63, 3.8) is 0 Å². The van der Waals surface area contributed by atoms with Crippen LogP contribution < -0.4 is 5.73 Å². The number of nitro benzene ring substituents is 1. The topological polar surface area (TPSA) is 106 Å². The first-order valence-electron chi connectivity index (χ1n) is 3.71. The Morgan fingerprint density at radius 2 is 2.14 bits per heavy atom. The molecule has 0 saturated heterocycles. The van der Waals surface area contributed by atoms with Crippen LogP contribution >= 0.6 is 0 Å². The molecule has 1 rings (SSSR count). The second-order valence-corrected chi connectivity index (χ2v) is 2.79. The highest BCUT2D eigenvalue weighted by Crippen LogP contribution is 2.23. The highest BCUT2D eigenvalue weighted by Gasteiger charge is 2.16. The molecule has 0 aliphatic heterocycles. The number of non-ortho nitro benzene ring substituents is 1. The lowest BCUT2D eigenvalue weighted by atomic mass is 10.1. The van der Waals surface area contributed by atoms with Crippen molar-refractivity contribution in [2.24, 2.45) is 0 Å². The number of aromatic carboxylic acids is 1. The smallest absolute Gasteiger partial charge is 0.338 e. The number of nitro groups is 1. The fourth-order valence-corrected chi connectivity index (χ4v) is 1.19. The van der Waals surface area contributed by atoms with E-state index in [-0.39, 0.29) is 22.5 Å². The third-order valence-electron chi connectivity index (χ3n) is 1.78. The Balaban J connectivity index is 3.39. The van der Waals surface area contributed by atoms with E-state index in [1.165, 1.54) is 13.0 Å². The van der Waals surface area contributed by atoms with E-state index < -0.39 is 10.9 Å². The second-order valence-electron chi connectivity index (χ2n) is 2.79. The summed E-state index contributed by atoms with van der Waals surface area (Å²) in [6, 6.07) is 2.22. The molecule has 3 N–H and O–H groups in total. The van der Waals surface area contributed by atoms with E-state index in [4.69, 9.17) is 10.8 Å². The number of carboxylic acids is 1. The lowest BCUT2D eigenvalue weighted by Crippen LogP contribution is -2.06. The van der Waals surface area contributed by atoms with E-state index in [0.717, 1.165) is 6.07 Å². The molecule has 0 amide bonds. The molecule has 0 atom stereocenters. The van der Waals surface area contributed by atoms with Gasteiger partial charge in [-0.1, -0.05) is 0 Å². The maximum absolute atomic E-state index is 10.7. The largest absolute Gasteiger partial charge is 0.478 e. The first kappa shape index (κ1) is 9.97. The van der Waals surface area contributed by atoms with E-state index in [1.807, 2.05) is 0 Å². The van der Waals surface area contributed by atoms with Gasteiger partial charge in [0.2, 0.25) is 0 Å². The number of aryl methyl sites for hydroxylation is 1. The Labute approximate surface area is 79.1 Å². The van der Waals surface area contributed by atoms with Gasteiger partial charge in [0.25, 0.3) is 5.69 Å². The highest BCUT2D eigenvalue weighted by atomic mass is 16.6. The van der Waals surface area contributed by atoms with Gasteiger partial charge in [-0.3, -0.25) is 10.1 Å². The molecule has 0 fully saturated rings. The number of carbonyl (C=O) groups is 1. The molecule has 1 aromatic carbocycles. The minimum Gasteiger partial charge on any atom is -0.478 e.